The molecule has 4 rings (SSSR count). The van der Waals surface area contributed by atoms with Crippen molar-refractivity contribution in [3.63, 3.8) is 0 Å². The number of phenols is 2. The van der Waals surface area contributed by atoms with Crippen molar-refractivity contribution in [1.29, 1.82) is 0 Å². The van der Waals surface area contributed by atoms with Gasteiger partial charge in [-0.1, -0.05) is 54.6 Å². The minimum Gasteiger partial charge on any atom is -0.508 e. The summed E-state index contributed by atoms with van der Waals surface area (Å²) in [6.45, 7) is 0. The van der Waals surface area contributed by atoms with Crippen LogP contribution in [0.25, 0.3) is 21.5 Å². The number of benzene rings is 4. The number of nitrogens with zero attached hydrogens (tertiary/aromatic N) is 2. The second-order valence-electron chi connectivity index (χ2n) is 5.96. The Balaban J connectivity index is 1.68. The fourth-order valence-corrected chi connectivity index (χ4v) is 3.00. The van der Waals surface area contributed by atoms with Crippen molar-refractivity contribution in [2.24, 2.45) is 10.2 Å². The quantitative estimate of drug-likeness (QED) is 0.413. The van der Waals surface area contributed by atoms with Crippen LogP contribution < -0.4 is 0 Å². The van der Waals surface area contributed by atoms with E-state index in [9.17, 15) is 10.2 Å². The van der Waals surface area contributed by atoms with Gasteiger partial charge in [-0.05, 0) is 39.7 Å². The molecule has 0 radical (unpaired) electrons. The van der Waals surface area contributed by atoms with Crippen LogP contribution in [0.1, 0.15) is 11.1 Å². The molecule has 0 aromatic heterocycles. The van der Waals surface area contributed by atoms with E-state index >= 15 is 0 Å². The third-order valence-corrected chi connectivity index (χ3v) is 4.30. The minimum atomic E-state index is 0.165. The van der Waals surface area contributed by atoms with Crippen LogP contribution in [0, 0.1) is 0 Å². The van der Waals surface area contributed by atoms with Gasteiger partial charge < -0.3 is 10.2 Å². The lowest BCUT2D eigenvalue weighted by atomic mass is 10.0. The van der Waals surface area contributed by atoms with Gasteiger partial charge in [-0.2, -0.15) is 10.2 Å². The molecule has 0 spiro atoms. The van der Waals surface area contributed by atoms with E-state index in [4.69, 9.17) is 0 Å². The molecular formula is C22H16N2O2. The summed E-state index contributed by atoms with van der Waals surface area (Å²) in [5, 5.41) is 31.9. The Morgan fingerprint density at radius 2 is 1.38 bits per heavy atom. The molecule has 0 aliphatic rings. The first-order chi connectivity index (χ1) is 12.7. The number of fused-ring (bicyclic) bond motifs is 2. The summed E-state index contributed by atoms with van der Waals surface area (Å²) in [4.78, 5) is 0. The topological polar surface area (TPSA) is 65.2 Å². The van der Waals surface area contributed by atoms with Crippen LogP contribution in [-0.4, -0.2) is 22.6 Å². The van der Waals surface area contributed by atoms with Gasteiger partial charge in [0, 0.05) is 11.1 Å². The third kappa shape index (κ3) is 3.00. The monoisotopic (exact) mass is 340 g/mol. The van der Waals surface area contributed by atoms with Crippen LogP contribution in [0.5, 0.6) is 11.5 Å². The number of rotatable bonds is 3. The van der Waals surface area contributed by atoms with Crippen LogP contribution in [0.2, 0.25) is 0 Å². The molecule has 0 saturated carbocycles. The van der Waals surface area contributed by atoms with Gasteiger partial charge in [0.15, 0.2) is 0 Å². The van der Waals surface area contributed by atoms with E-state index in [1.54, 1.807) is 30.6 Å². The summed E-state index contributed by atoms with van der Waals surface area (Å²) in [5.41, 5.74) is 1.49. The lowest BCUT2D eigenvalue weighted by molar-refractivity contribution is 0.475. The van der Waals surface area contributed by atoms with Gasteiger partial charge in [-0.3, -0.25) is 0 Å². The standard InChI is InChI=1S/C22H16N2O2/c25-18-10-8-16-5-3-6-17(20(16)12-18)13-23-24-14-21-19-7-2-1-4-15(19)9-11-22(21)26/h1-14,25-26H/b23-13+,24-14-. The molecule has 2 N–H and O–H groups in total. The lowest BCUT2D eigenvalue weighted by Gasteiger charge is -2.04. The maximum absolute atomic E-state index is 10.1. The maximum atomic E-state index is 10.1. The van der Waals surface area contributed by atoms with E-state index in [-0.39, 0.29) is 11.5 Å². The van der Waals surface area contributed by atoms with Crippen LogP contribution in [0.3, 0.4) is 0 Å². The van der Waals surface area contributed by atoms with E-state index in [1.165, 1.54) is 0 Å². The van der Waals surface area contributed by atoms with E-state index in [0.717, 1.165) is 27.1 Å². The van der Waals surface area contributed by atoms with Gasteiger partial charge in [0.1, 0.15) is 11.5 Å². The van der Waals surface area contributed by atoms with E-state index in [2.05, 4.69) is 10.2 Å². The van der Waals surface area contributed by atoms with Gasteiger partial charge in [-0.25, -0.2) is 0 Å². The average molecular weight is 340 g/mol. The number of aromatic hydroxyl groups is 2. The molecule has 4 aromatic rings. The van der Waals surface area contributed by atoms with Crippen LogP contribution in [-0.2, 0) is 0 Å². The molecule has 0 atom stereocenters. The summed E-state index contributed by atoms with van der Waals surface area (Å²) in [6, 6.07) is 22.4. The fraction of sp³-hybridized carbons (Fsp3) is 0. The minimum absolute atomic E-state index is 0.165. The Hall–Kier alpha value is -3.66. The van der Waals surface area contributed by atoms with Crippen molar-refractivity contribution in [2.45, 2.75) is 0 Å². The third-order valence-electron chi connectivity index (χ3n) is 4.30. The molecule has 4 aromatic carbocycles. The molecule has 0 saturated heterocycles. The Morgan fingerprint density at radius 1 is 0.654 bits per heavy atom. The number of hydrogen-bond acceptors (Lipinski definition) is 4. The number of phenolic OH excluding ortho intramolecular Hbond substituents is 2. The summed E-state index contributed by atoms with van der Waals surface area (Å²) in [6.07, 6.45) is 3.19. The largest absolute Gasteiger partial charge is 0.508 e. The molecule has 0 fully saturated rings. The second-order valence-corrected chi connectivity index (χ2v) is 5.96. The average Bonchev–Trinajstić information content (AvgIpc) is 2.66. The van der Waals surface area contributed by atoms with Crippen molar-refractivity contribution < 1.29 is 10.2 Å². The van der Waals surface area contributed by atoms with Gasteiger partial charge in [0.2, 0.25) is 0 Å². The van der Waals surface area contributed by atoms with Crippen molar-refractivity contribution in [3.8, 4) is 11.5 Å². The normalized spacial score (nSPS) is 11.8. The van der Waals surface area contributed by atoms with E-state index in [0.29, 0.717) is 5.56 Å². The molecule has 0 aliphatic heterocycles. The Bertz CT molecular complexity index is 1160. The first-order valence-corrected chi connectivity index (χ1v) is 8.21. The van der Waals surface area contributed by atoms with Gasteiger partial charge in [0.25, 0.3) is 0 Å². The zero-order valence-corrected chi connectivity index (χ0v) is 13.9. The molecule has 0 bridgehead atoms. The zero-order valence-electron chi connectivity index (χ0n) is 13.9. The zero-order chi connectivity index (χ0) is 17.9. The predicted octanol–water partition coefficient (Wildman–Crippen LogP) is 4.86. The Labute approximate surface area is 150 Å². The number of hydrogen-bond donors (Lipinski definition) is 2. The Kier molecular flexibility index (Phi) is 4.07. The molecule has 0 heterocycles. The highest BCUT2D eigenvalue weighted by Crippen LogP contribution is 2.25. The summed E-state index contributed by atoms with van der Waals surface area (Å²) in [7, 11) is 0. The smallest absolute Gasteiger partial charge is 0.125 e. The van der Waals surface area contributed by atoms with Crippen molar-refractivity contribution in [2.75, 3.05) is 0 Å². The van der Waals surface area contributed by atoms with Gasteiger partial charge in [-0.15, -0.1) is 0 Å². The van der Waals surface area contributed by atoms with Crippen LogP contribution in [0.4, 0.5) is 0 Å². The highest BCUT2D eigenvalue weighted by atomic mass is 16.3. The second kappa shape index (κ2) is 6.69. The predicted molar refractivity (Wildman–Crippen MR) is 106 cm³/mol. The SMILES string of the molecule is Oc1ccc2cccc(/C=N/N=C\c3c(O)ccc4ccccc34)c2c1. The first kappa shape index (κ1) is 15.8. The summed E-state index contributed by atoms with van der Waals surface area (Å²) >= 11 is 0. The summed E-state index contributed by atoms with van der Waals surface area (Å²) < 4.78 is 0. The van der Waals surface area contributed by atoms with Crippen molar-refractivity contribution in [3.05, 3.63) is 83.9 Å². The molecule has 0 amide bonds. The van der Waals surface area contributed by atoms with Crippen molar-refractivity contribution in [1.82, 2.24) is 0 Å². The molecule has 0 aliphatic carbocycles. The molecule has 26 heavy (non-hydrogen) atoms. The molecule has 4 nitrogen and oxygen atoms in total. The molecule has 0 unspecified atom stereocenters. The van der Waals surface area contributed by atoms with Crippen LogP contribution >= 0.6 is 0 Å². The van der Waals surface area contributed by atoms with Crippen molar-refractivity contribution >= 4 is 34.0 Å². The van der Waals surface area contributed by atoms with Crippen LogP contribution in [0.15, 0.2) is 83.0 Å². The molecule has 126 valence electrons. The lowest BCUT2D eigenvalue weighted by Crippen LogP contribution is -1.86. The highest BCUT2D eigenvalue weighted by Gasteiger charge is 2.04. The Morgan fingerprint density at radius 3 is 2.31 bits per heavy atom. The molecule has 4 heteroatoms. The molecular weight excluding hydrogens is 324 g/mol. The summed E-state index contributed by atoms with van der Waals surface area (Å²) in [5.74, 6) is 0.375. The highest BCUT2D eigenvalue weighted by molar-refractivity contribution is 6.03. The van der Waals surface area contributed by atoms with Gasteiger partial charge in [0.05, 0.1) is 12.4 Å². The van der Waals surface area contributed by atoms with E-state index in [1.807, 2.05) is 54.6 Å². The van der Waals surface area contributed by atoms with Gasteiger partial charge >= 0.3 is 0 Å². The fourth-order valence-electron chi connectivity index (χ4n) is 3.00. The maximum Gasteiger partial charge on any atom is 0.125 e. The van der Waals surface area contributed by atoms with E-state index < -0.39 is 0 Å². The first-order valence-electron chi connectivity index (χ1n) is 8.21.